The van der Waals surface area contributed by atoms with Crippen LogP contribution in [0.5, 0.6) is 0 Å². The van der Waals surface area contributed by atoms with Gasteiger partial charge in [-0.15, -0.1) is 8.07 Å². The predicted molar refractivity (Wildman–Crippen MR) is 61.0 cm³/mol. The van der Waals surface area contributed by atoms with Gasteiger partial charge < -0.3 is 0 Å². The summed E-state index contributed by atoms with van der Waals surface area (Å²) in [5, 5.41) is 1.30. The summed E-state index contributed by atoms with van der Waals surface area (Å²) in [7, 11) is -1.35. The first-order valence-electron chi connectivity index (χ1n) is 5.30. The van der Waals surface area contributed by atoms with E-state index in [1.54, 1.807) is 6.20 Å². The molecule has 0 saturated carbocycles. The van der Waals surface area contributed by atoms with Crippen molar-refractivity contribution in [2.24, 2.45) is 0 Å². The third-order valence-electron chi connectivity index (χ3n) is 3.37. The van der Waals surface area contributed by atoms with Crippen LogP contribution in [0, 0.1) is 5.95 Å². The molecule has 0 spiro atoms. The van der Waals surface area contributed by atoms with Crippen LogP contribution in [0.2, 0.25) is 18.1 Å². The van der Waals surface area contributed by atoms with Gasteiger partial charge in [-0.3, -0.25) is 0 Å². The van der Waals surface area contributed by atoms with E-state index in [1.807, 2.05) is 6.07 Å². The summed E-state index contributed by atoms with van der Waals surface area (Å²) in [5.74, 6) is -0.375. The third-order valence-corrected chi connectivity index (χ3v) is 8.95. The number of rotatable bonds is 4. The minimum absolute atomic E-state index is 0.375. The molecule has 1 aromatic rings. The van der Waals surface area contributed by atoms with Crippen LogP contribution in [0.25, 0.3) is 0 Å². The molecule has 0 aliphatic carbocycles. The van der Waals surface area contributed by atoms with Crippen molar-refractivity contribution >= 4 is 13.3 Å². The van der Waals surface area contributed by atoms with Gasteiger partial charge in [0.2, 0.25) is 5.95 Å². The van der Waals surface area contributed by atoms with E-state index in [0.29, 0.717) is 0 Å². The van der Waals surface area contributed by atoms with Gasteiger partial charge in [0, 0.05) is 0 Å². The zero-order valence-electron chi connectivity index (χ0n) is 9.18. The average Bonchev–Trinajstić information content (AvgIpc) is 2.24. The molecule has 0 aliphatic heterocycles. The third kappa shape index (κ3) is 2.03. The Hall–Kier alpha value is -0.703. The standard InChI is InChI=1S/C11H18FNSi/c1-4-14(5-2,6-3)10-7-8-11(12)13-9-10/h7-9H,4-6H2,1-3H3/q-1. The summed E-state index contributed by atoms with van der Waals surface area (Å²) in [6.45, 7) is 6.72. The maximum absolute atomic E-state index is 12.7. The lowest BCUT2D eigenvalue weighted by molar-refractivity contribution is 0.584. The Kier molecular flexibility index (Phi) is 3.81. The van der Waals surface area contributed by atoms with Crippen LogP contribution in [0.3, 0.4) is 0 Å². The average molecular weight is 211 g/mol. The fourth-order valence-electron chi connectivity index (χ4n) is 2.05. The normalized spacial score (nSPS) is 11.7. The van der Waals surface area contributed by atoms with E-state index in [4.69, 9.17) is 0 Å². The molecule has 0 fully saturated rings. The van der Waals surface area contributed by atoms with Gasteiger partial charge in [-0.05, 0) is 12.3 Å². The van der Waals surface area contributed by atoms with Crippen LogP contribution in [0.4, 0.5) is 4.39 Å². The minimum Gasteiger partial charge on any atom is -0.231 e. The van der Waals surface area contributed by atoms with E-state index >= 15 is 0 Å². The fourth-order valence-corrected chi connectivity index (χ4v) is 5.55. The first-order valence-corrected chi connectivity index (χ1v) is 7.92. The van der Waals surface area contributed by atoms with Crippen LogP contribution in [-0.4, -0.2) is 13.1 Å². The number of hydrogen-bond acceptors (Lipinski definition) is 1. The molecule has 1 nitrogen and oxygen atoms in total. The Labute approximate surface area is 86.4 Å². The van der Waals surface area contributed by atoms with E-state index in [1.165, 1.54) is 29.4 Å². The molecule has 0 aliphatic rings. The molecule has 0 unspecified atom stereocenters. The molecule has 0 N–H and O–H groups in total. The molecule has 14 heavy (non-hydrogen) atoms. The second-order valence-electron chi connectivity index (χ2n) is 3.71. The Bertz CT molecular complexity index is 272. The molecule has 0 atom stereocenters. The van der Waals surface area contributed by atoms with Crippen molar-refractivity contribution < 1.29 is 4.39 Å². The fraction of sp³-hybridized carbons (Fsp3) is 0.545. The van der Waals surface area contributed by atoms with Gasteiger partial charge in [0.25, 0.3) is 0 Å². The highest BCUT2D eigenvalue weighted by Crippen LogP contribution is 2.19. The second kappa shape index (κ2) is 4.69. The van der Waals surface area contributed by atoms with E-state index in [-0.39, 0.29) is 5.95 Å². The van der Waals surface area contributed by atoms with E-state index < -0.39 is 8.07 Å². The lowest BCUT2D eigenvalue weighted by atomic mass is 10.5. The van der Waals surface area contributed by atoms with Crippen LogP contribution < -0.4 is 5.19 Å². The SMILES string of the molecule is CC[Si-](CC)(CC)c1ccc(F)nc1. The number of nitrogens with zero attached hydrogens (tertiary/aromatic N) is 1. The smallest absolute Gasteiger partial charge is 0.212 e. The second-order valence-corrected chi connectivity index (χ2v) is 8.97. The molecule has 0 saturated heterocycles. The van der Waals surface area contributed by atoms with Gasteiger partial charge in [-0.25, -0.2) is 4.98 Å². The van der Waals surface area contributed by atoms with Gasteiger partial charge in [-0.2, -0.15) is 27.7 Å². The summed E-state index contributed by atoms with van der Waals surface area (Å²) in [4.78, 5) is 3.76. The quantitative estimate of drug-likeness (QED) is 0.551. The Morgan fingerprint density at radius 1 is 1.14 bits per heavy atom. The van der Waals surface area contributed by atoms with Crippen molar-refractivity contribution in [2.75, 3.05) is 0 Å². The number of hydrogen-bond donors (Lipinski definition) is 0. The predicted octanol–water partition coefficient (Wildman–Crippen LogP) is 2.94. The Balaban J connectivity index is 3.05. The summed E-state index contributed by atoms with van der Waals surface area (Å²) in [6.07, 6.45) is 1.73. The molecule has 0 radical (unpaired) electrons. The highest BCUT2D eigenvalue weighted by Gasteiger charge is 2.16. The topological polar surface area (TPSA) is 12.9 Å². The van der Waals surface area contributed by atoms with Crippen molar-refractivity contribution in [3.8, 4) is 0 Å². The van der Waals surface area contributed by atoms with Crippen LogP contribution in [0.1, 0.15) is 20.8 Å². The number of pyridine rings is 1. The molecule has 79 valence electrons. The van der Waals surface area contributed by atoms with Crippen LogP contribution in [0.15, 0.2) is 18.3 Å². The number of aromatic nitrogens is 1. The van der Waals surface area contributed by atoms with Gasteiger partial charge in [-0.1, -0.05) is 26.8 Å². The molecule has 0 aromatic carbocycles. The molecule has 1 rings (SSSR count). The van der Waals surface area contributed by atoms with Gasteiger partial charge in [0.15, 0.2) is 0 Å². The Morgan fingerprint density at radius 2 is 1.71 bits per heavy atom. The van der Waals surface area contributed by atoms with E-state index in [0.717, 1.165) is 0 Å². The molecular formula is C11H18FNSi-. The highest BCUT2D eigenvalue weighted by atomic mass is 28.3. The molecule has 3 heteroatoms. The molecular weight excluding hydrogens is 193 g/mol. The molecule has 1 aromatic heterocycles. The summed E-state index contributed by atoms with van der Waals surface area (Å²) in [6, 6.07) is 7.05. The van der Waals surface area contributed by atoms with Gasteiger partial charge in [0.1, 0.15) is 0 Å². The van der Waals surface area contributed by atoms with Crippen molar-refractivity contribution in [1.29, 1.82) is 0 Å². The van der Waals surface area contributed by atoms with Crippen LogP contribution in [-0.2, 0) is 0 Å². The van der Waals surface area contributed by atoms with E-state index in [9.17, 15) is 4.39 Å². The highest BCUT2D eigenvalue weighted by molar-refractivity contribution is 6.91. The summed E-state index contributed by atoms with van der Waals surface area (Å²) in [5.41, 5.74) is 0. The monoisotopic (exact) mass is 211 g/mol. The largest absolute Gasteiger partial charge is 0.231 e. The van der Waals surface area contributed by atoms with Crippen molar-refractivity contribution in [1.82, 2.24) is 4.98 Å². The van der Waals surface area contributed by atoms with Crippen LogP contribution >= 0.6 is 0 Å². The molecule has 0 amide bonds. The van der Waals surface area contributed by atoms with Crippen molar-refractivity contribution in [2.45, 2.75) is 38.9 Å². The Morgan fingerprint density at radius 3 is 2.07 bits per heavy atom. The van der Waals surface area contributed by atoms with Gasteiger partial charge >= 0.3 is 0 Å². The number of halogens is 1. The first-order chi connectivity index (χ1) is 6.68. The molecule has 1 heterocycles. The minimum atomic E-state index is -1.35. The first kappa shape index (κ1) is 11.4. The van der Waals surface area contributed by atoms with Gasteiger partial charge in [0.05, 0.1) is 0 Å². The summed E-state index contributed by atoms with van der Waals surface area (Å²) < 4.78 is 12.7. The lowest BCUT2D eigenvalue weighted by Gasteiger charge is -2.40. The molecule has 0 bridgehead atoms. The maximum Gasteiger partial charge on any atom is 0.212 e. The van der Waals surface area contributed by atoms with Crippen molar-refractivity contribution in [3.05, 3.63) is 24.3 Å². The van der Waals surface area contributed by atoms with Crippen molar-refractivity contribution in [3.63, 3.8) is 0 Å². The zero-order valence-corrected chi connectivity index (χ0v) is 10.2. The zero-order chi connectivity index (χ0) is 10.6. The lowest BCUT2D eigenvalue weighted by Crippen LogP contribution is -2.45. The maximum atomic E-state index is 12.7. The van der Waals surface area contributed by atoms with E-state index in [2.05, 4.69) is 25.8 Å². The summed E-state index contributed by atoms with van der Waals surface area (Å²) >= 11 is 0.